The number of hydrogen-bond donors (Lipinski definition) is 1. The molecule has 1 N–H and O–H groups in total. The van der Waals surface area contributed by atoms with Gasteiger partial charge >= 0.3 is 11.9 Å². The average molecular weight is 493 g/mol. The number of rotatable bonds is 10. The van der Waals surface area contributed by atoms with Crippen LogP contribution in [0.2, 0.25) is 0 Å². The molecule has 1 heterocycles. The van der Waals surface area contributed by atoms with Crippen LogP contribution in [-0.4, -0.2) is 49.0 Å². The number of nitrogens with one attached hydrogen (secondary N) is 1. The molecule has 2 aromatic carbocycles. The third kappa shape index (κ3) is 7.26. The smallest absolute Gasteiger partial charge is 0.321 e. The molecular weight excluding hydrogens is 460 g/mol. The molecule has 0 amide bonds. The van der Waals surface area contributed by atoms with E-state index in [1.54, 1.807) is 0 Å². The molecule has 0 bridgehead atoms. The fourth-order valence-corrected chi connectivity index (χ4v) is 4.25. The third-order valence-corrected chi connectivity index (χ3v) is 6.26. The van der Waals surface area contributed by atoms with Crippen molar-refractivity contribution in [1.82, 2.24) is 10.4 Å². The zero-order chi connectivity index (χ0) is 25.2. The third-order valence-electron chi connectivity index (χ3n) is 6.26. The summed E-state index contributed by atoms with van der Waals surface area (Å²) < 4.78 is 16.4. The summed E-state index contributed by atoms with van der Waals surface area (Å²) in [7, 11) is 0. The summed E-state index contributed by atoms with van der Waals surface area (Å²) in [5, 5.41) is 2.01. The number of hydrogen-bond acceptors (Lipinski definition) is 8. The number of morpholine rings is 1. The second kappa shape index (κ2) is 13.0. The monoisotopic (exact) mass is 492 g/mol. The Balaban J connectivity index is 1.51. The Morgan fingerprint density at radius 2 is 1.42 bits per heavy atom. The summed E-state index contributed by atoms with van der Waals surface area (Å²) in [5.74, 6) is -2.70. The van der Waals surface area contributed by atoms with Gasteiger partial charge in [-0.25, -0.2) is 5.01 Å². The second-order valence-electron chi connectivity index (χ2n) is 8.89. The Hall–Kier alpha value is -3.49. The standard InChI is InChI=1S/C28H32N2O6/c31-26-13-7-12-25(29-30-14-16-34-17-15-30)23(26)18-24(27(32)35-19-21-8-3-1-4-9-21)28(33)36-20-22-10-5-2-6-11-22/h1-6,8-11,24,29H,7,12-20H2. The van der Waals surface area contributed by atoms with E-state index in [2.05, 4.69) is 5.43 Å². The lowest BCUT2D eigenvalue weighted by atomic mass is 9.88. The summed E-state index contributed by atoms with van der Waals surface area (Å²) in [4.78, 5) is 39.2. The van der Waals surface area contributed by atoms with Crippen molar-refractivity contribution in [2.45, 2.75) is 38.9 Å². The number of ketones is 1. The summed E-state index contributed by atoms with van der Waals surface area (Å²) in [6.45, 7) is 2.65. The first-order chi connectivity index (χ1) is 17.6. The quantitative estimate of drug-likeness (QED) is 0.399. The van der Waals surface area contributed by atoms with E-state index in [4.69, 9.17) is 14.2 Å². The van der Waals surface area contributed by atoms with Crippen LogP contribution in [0.5, 0.6) is 0 Å². The average Bonchev–Trinajstić information content (AvgIpc) is 2.92. The molecule has 36 heavy (non-hydrogen) atoms. The van der Waals surface area contributed by atoms with E-state index in [0.717, 1.165) is 23.2 Å². The maximum Gasteiger partial charge on any atom is 0.321 e. The Morgan fingerprint density at radius 3 is 1.97 bits per heavy atom. The molecular formula is C28H32N2O6. The highest BCUT2D eigenvalue weighted by molar-refractivity contribution is 6.01. The predicted molar refractivity (Wildman–Crippen MR) is 132 cm³/mol. The highest BCUT2D eigenvalue weighted by atomic mass is 16.6. The number of esters is 2. The molecule has 0 unspecified atom stereocenters. The molecule has 0 radical (unpaired) electrons. The van der Waals surface area contributed by atoms with E-state index < -0.39 is 17.9 Å². The van der Waals surface area contributed by atoms with E-state index in [1.165, 1.54) is 0 Å². The molecule has 0 spiro atoms. The summed E-state index contributed by atoms with van der Waals surface area (Å²) in [5.41, 5.74) is 6.18. The van der Waals surface area contributed by atoms with Crippen LogP contribution in [0.3, 0.4) is 0 Å². The lowest BCUT2D eigenvalue weighted by molar-refractivity contribution is -0.163. The Labute approximate surface area is 211 Å². The number of carbonyl (C=O) groups is 3. The number of nitrogens with zero attached hydrogens (tertiary/aromatic N) is 1. The number of Topliss-reactive ketones (excluding diaryl/α,β-unsaturated/α-hetero) is 1. The number of hydrazine groups is 1. The largest absolute Gasteiger partial charge is 0.460 e. The molecule has 4 rings (SSSR count). The van der Waals surface area contributed by atoms with Gasteiger partial charge in [-0.15, -0.1) is 0 Å². The van der Waals surface area contributed by atoms with Crippen molar-refractivity contribution < 1.29 is 28.6 Å². The maximum atomic E-state index is 13.1. The van der Waals surface area contributed by atoms with Crippen LogP contribution in [0.1, 0.15) is 36.8 Å². The van der Waals surface area contributed by atoms with Crippen LogP contribution >= 0.6 is 0 Å². The Bertz CT molecular complexity index is 1010. The molecule has 1 saturated heterocycles. The van der Waals surface area contributed by atoms with E-state index in [0.29, 0.717) is 44.7 Å². The summed E-state index contributed by atoms with van der Waals surface area (Å²) >= 11 is 0. The molecule has 190 valence electrons. The van der Waals surface area contributed by atoms with Gasteiger partial charge in [0.05, 0.1) is 13.2 Å². The van der Waals surface area contributed by atoms with Crippen molar-refractivity contribution in [2.75, 3.05) is 26.3 Å². The summed E-state index contributed by atoms with van der Waals surface area (Å²) in [6.07, 6.45) is 1.71. The first-order valence-electron chi connectivity index (χ1n) is 12.4. The maximum absolute atomic E-state index is 13.1. The molecule has 8 nitrogen and oxygen atoms in total. The fourth-order valence-electron chi connectivity index (χ4n) is 4.25. The Morgan fingerprint density at radius 1 is 0.861 bits per heavy atom. The number of allylic oxidation sites excluding steroid dienone is 2. The molecule has 0 saturated carbocycles. The van der Waals surface area contributed by atoms with Crippen LogP contribution < -0.4 is 5.43 Å². The second-order valence-corrected chi connectivity index (χ2v) is 8.89. The van der Waals surface area contributed by atoms with E-state index in [1.807, 2.05) is 65.7 Å². The number of ether oxygens (including phenoxy) is 3. The molecule has 2 aromatic rings. The van der Waals surface area contributed by atoms with E-state index >= 15 is 0 Å². The van der Waals surface area contributed by atoms with Gasteiger partial charge in [-0.2, -0.15) is 0 Å². The van der Waals surface area contributed by atoms with Crippen LogP contribution in [0, 0.1) is 5.92 Å². The van der Waals surface area contributed by atoms with E-state index in [-0.39, 0.29) is 25.4 Å². The van der Waals surface area contributed by atoms with Gasteiger partial charge in [0.25, 0.3) is 0 Å². The molecule has 1 fully saturated rings. The van der Waals surface area contributed by atoms with Gasteiger partial charge in [-0.3, -0.25) is 14.4 Å². The van der Waals surface area contributed by atoms with Crippen molar-refractivity contribution in [3.05, 3.63) is 83.1 Å². The molecule has 2 aliphatic rings. The van der Waals surface area contributed by atoms with E-state index in [9.17, 15) is 14.4 Å². The van der Waals surface area contributed by atoms with Crippen LogP contribution in [0.4, 0.5) is 0 Å². The van der Waals surface area contributed by atoms with Gasteiger partial charge in [-0.05, 0) is 24.0 Å². The normalized spacial score (nSPS) is 16.6. The predicted octanol–water partition coefficient (Wildman–Crippen LogP) is 3.32. The number of benzene rings is 2. The number of carbonyl (C=O) groups excluding carboxylic acids is 3. The SMILES string of the molecule is O=C1CCCC(NN2CCOCC2)=C1CC(C(=O)OCc1ccccc1)C(=O)OCc1ccccc1. The molecule has 0 atom stereocenters. The van der Waals surface area contributed by atoms with Gasteiger partial charge < -0.3 is 19.6 Å². The van der Waals surface area contributed by atoms with Gasteiger partial charge in [0.2, 0.25) is 0 Å². The van der Waals surface area contributed by atoms with Crippen molar-refractivity contribution in [2.24, 2.45) is 5.92 Å². The zero-order valence-electron chi connectivity index (χ0n) is 20.3. The first-order valence-corrected chi connectivity index (χ1v) is 12.4. The Kier molecular flexibility index (Phi) is 9.24. The van der Waals surface area contributed by atoms with Gasteiger partial charge in [0.15, 0.2) is 11.7 Å². The van der Waals surface area contributed by atoms with Crippen molar-refractivity contribution in [3.8, 4) is 0 Å². The molecule has 1 aliphatic carbocycles. The van der Waals surface area contributed by atoms with Gasteiger partial charge in [0.1, 0.15) is 13.2 Å². The lowest BCUT2D eigenvalue weighted by Gasteiger charge is -2.32. The van der Waals surface area contributed by atoms with Crippen LogP contribution in [-0.2, 0) is 41.8 Å². The van der Waals surface area contributed by atoms with Crippen LogP contribution in [0.15, 0.2) is 71.9 Å². The van der Waals surface area contributed by atoms with Crippen LogP contribution in [0.25, 0.3) is 0 Å². The highest BCUT2D eigenvalue weighted by Crippen LogP contribution is 2.28. The highest BCUT2D eigenvalue weighted by Gasteiger charge is 2.35. The first kappa shape index (κ1) is 25.6. The lowest BCUT2D eigenvalue weighted by Crippen LogP contribution is -2.46. The fraction of sp³-hybridized carbons (Fsp3) is 0.393. The van der Waals surface area contributed by atoms with Crippen molar-refractivity contribution in [3.63, 3.8) is 0 Å². The minimum Gasteiger partial charge on any atom is -0.460 e. The van der Waals surface area contributed by atoms with Gasteiger partial charge in [0, 0.05) is 37.2 Å². The summed E-state index contributed by atoms with van der Waals surface area (Å²) in [6, 6.07) is 18.5. The zero-order valence-corrected chi connectivity index (χ0v) is 20.3. The minimum atomic E-state index is -1.24. The topological polar surface area (TPSA) is 94.2 Å². The van der Waals surface area contributed by atoms with Crippen molar-refractivity contribution in [1.29, 1.82) is 0 Å². The molecule has 8 heteroatoms. The van der Waals surface area contributed by atoms with Gasteiger partial charge in [-0.1, -0.05) is 60.7 Å². The molecule has 0 aromatic heterocycles. The van der Waals surface area contributed by atoms with Crippen molar-refractivity contribution >= 4 is 17.7 Å². The molecule has 1 aliphatic heterocycles. The minimum absolute atomic E-state index is 0.0357.